The minimum absolute atomic E-state index is 0.0181. The number of amides is 1. The number of rotatable bonds is 4. The first-order chi connectivity index (χ1) is 11.5. The van der Waals surface area contributed by atoms with Crippen LogP contribution in [0.15, 0.2) is 47.1 Å². The Labute approximate surface area is 148 Å². The molecule has 6 heteroatoms. The molecule has 1 heterocycles. The Bertz CT molecular complexity index is 904. The molecule has 5 nitrogen and oxygen atoms in total. The lowest BCUT2D eigenvalue weighted by atomic mass is 9.87. The lowest BCUT2D eigenvalue weighted by Gasteiger charge is -2.19. The van der Waals surface area contributed by atoms with E-state index in [0.29, 0.717) is 12.2 Å². The van der Waals surface area contributed by atoms with E-state index in [0.717, 1.165) is 32.1 Å². The molecule has 0 bridgehead atoms. The van der Waals surface area contributed by atoms with Gasteiger partial charge >= 0.3 is 6.09 Å². The van der Waals surface area contributed by atoms with Gasteiger partial charge in [0.05, 0.1) is 0 Å². The summed E-state index contributed by atoms with van der Waals surface area (Å²) in [6.45, 7) is 2.34. The highest BCUT2D eigenvalue weighted by Gasteiger charge is 2.20. The number of benzene rings is 2. The third-order valence-corrected chi connectivity index (χ3v) is 4.77. The Hall–Kier alpha value is -2.31. The zero-order valence-corrected chi connectivity index (χ0v) is 14.7. The summed E-state index contributed by atoms with van der Waals surface area (Å²) in [7, 11) is 0. The molecule has 1 unspecified atom stereocenters. The average Bonchev–Trinajstić information content (AvgIpc) is 2.94. The van der Waals surface area contributed by atoms with Crippen LogP contribution in [0.4, 0.5) is 10.5 Å². The number of hydrogen-bond donors (Lipinski definition) is 4. The van der Waals surface area contributed by atoms with E-state index in [1.54, 1.807) is 6.07 Å². The molecule has 2 aromatic carbocycles. The van der Waals surface area contributed by atoms with Crippen molar-refractivity contribution in [3.05, 3.63) is 63.8 Å². The monoisotopic (exact) mass is 387 g/mol. The Morgan fingerprint density at radius 1 is 1.33 bits per heavy atom. The molecule has 1 amide bonds. The van der Waals surface area contributed by atoms with Crippen molar-refractivity contribution < 1.29 is 9.90 Å². The van der Waals surface area contributed by atoms with E-state index in [2.05, 4.69) is 32.3 Å². The number of H-pyrrole nitrogens is 1. The number of anilines is 1. The van der Waals surface area contributed by atoms with E-state index in [9.17, 15) is 4.79 Å². The van der Waals surface area contributed by atoms with E-state index < -0.39 is 6.09 Å². The highest BCUT2D eigenvalue weighted by atomic mass is 79.9. The molecule has 0 radical (unpaired) electrons. The molecule has 3 aromatic rings. The first kappa shape index (κ1) is 16.5. The van der Waals surface area contributed by atoms with Gasteiger partial charge in [-0.1, -0.05) is 34.1 Å². The Balaban J connectivity index is 2.10. The number of halogens is 1. The average molecular weight is 388 g/mol. The van der Waals surface area contributed by atoms with Crippen molar-refractivity contribution in [3.8, 4) is 0 Å². The second-order valence-corrected chi connectivity index (χ2v) is 6.59. The van der Waals surface area contributed by atoms with Gasteiger partial charge < -0.3 is 15.8 Å². The fourth-order valence-electron chi connectivity index (χ4n) is 3.11. The lowest BCUT2D eigenvalue weighted by Crippen LogP contribution is -2.16. The topological polar surface area (TPSA) is 91.1 Å². The Morgan fingerprint density at radius 3 is 2.83 bits per heavy atom. The summed E-state index contributed by atoms with van der Waals surface area (Å²) < 4.78 is 1.01. The molecular formula is C18H18BrN3O2. The van der Waals surface area contributed by atoms with Crippen LogP contribution in [0, 0.1) is 6.92 Å². The quantitative estimate of drug-likeness (QED) is 0.533. The van der Waals surface area contributed by atoms with Crippen molar-refractivity contribution >= 4 is 38.6 Å². The van der Waals surface area contributed by atoms with Gasteiger partial charge in [-0.15, -0.1) is 0 Å². The zero-order chi connectivity index (χ0) is 17.3. The van der Waals surface area contributed by atoms with Crippen LogP contribution in [-0.2, 0) is 0 Å². The molecule has 0 aliphatic rings. The second-order valence-electron chi connectivity index (χ2n) is 5.67. The van der Waals surface area contributed by atoms with Crippen LogP contribution in [0.3, 0.4) is 0 Å². The number of carboxylic acid groups (broad SMARTS) is 1. The van der Waals surface area contributed by atoms with Crippen LogP contribution < -0.4 is 11.1 Å². The van der Waals surface area contributed by atoms with Crippen LogP contribution in [0.25, 0.3) is 10.9 Å². The summed E-state index contributed by atoms with van der Waals surface area (Å²) in [6, 6.07) is 11.7. The van der Waals surface area contributed by atoms with Gasteiger partial charge in [-0.2, -0.15) is 0 Å². The molecule has 0 saturated carbocycles. The van der Waals surface area contributed by atoms with E-state index in [1.807, 2.05) is 37.4 Å². The van der Waals surface area contributed by atoms with Gasteiger partial charge in [-0.05, 0) is 41.8 Å². The van der Waals surface area contributed by atoms with Gasteiger partial charge in [0.2, 0.25) is 0 Å². The fraction of sp³-hybridized carbons (Fsp3) is 0.167. The molecule has 1 atom stereocenters. The minimum Gasteiger partial charge on any atom is -0.465 e. The molecular weight excluding hydrogens is 370 g/mol. The molecule has 3 rings (SSSR count). The predicted molar refractivity (Wildman–Crippen MR) is 99.7 cm³/mol. The summed E-state index contributed by atoms with van der Waals surface area (Å²) in [5, 5.41) is 12.5. The third kappa shape index (κ3) is 3.02. The molecule has 0 aliphatic carbocycles. The van der Waals surface area contributed by atoms with E-state index in [-0.39, 0.29) is 5.92 Å². The maximum Gasteiger partial charge on any atom is 0.409 e. The summed E-state index contributed by atoms with van der Waals surface area (Å²) in [6.07, 6.45) is 0.905. The van der Waals surface area contributed by atoms with Gasteiger partial charge in [0.15, 0.2) is 0 Å². The van der Waals surface area contributed by atoms with Gasteiger partial charge in [-0.25, -0.2) is 4.79 Å². The smallest absolute Gasteiger partial charge is 0.409 e. The summed E-state index contributed by atoms with van der Waals surface area (Å²) >= 11 is 3.48. The number of aromatic nitrogens is 1. The molecule has 0 saturated heterocycles. The normalized spacial score (nSPS) is 12.3. The largest absolute Gasteiger partial charge is 0.465 e. The third-order valence-electron chi connectivity index (χ3n) is 4.28. The van der Waals surface area contributed by atoms with Gasteiger partial charge in [0.25, 0.3) is 0 Å². The molecule has 0 aliphatic heterocycles. The van der Waals surface area contributed by atoms with Gasteiger partial charge in [-0.3, -0.25) is 5.32 Å². The highest BCUT2D eigenvalue weighted by Crippen LogP contribution is 2.34. The standard InChI is InChI=1S/C18H18BrN3O2/c1-10-12(3-2-4-16(10)22-18(23)24)14(8-20)15-9-21-17-7-11(19)5-6-13(15)17/h2-7,9,14,21-22H,8,20H2,1H3,(H,23,24). The molecule has 24 heavy (non-hydrogen) atoms. The zero-order valence-electron chi connectivity index (χ0n) is 13.1. The summed E-state index contributed by atoms with van der Waals surface area (Å²) in [4.78, 5) is 14.2. The van der Waals surface area contributed by atoms with Crippen LogP contribution in [0.2, 0.25) is 0 Å². The second kappa shape index (κ2) is 6.67. The van der Waals surface area contributed by atoms with Crippen molar-refractivity contribution in [2.24, 2.45) is 5.73 Å². The number of hydrogen-bond acceptors (Lipinski definition) is 2. The van der Waals surface area contributed by atoms with Crippen LogP contribution in [-0.4, -0.2) is 22.7 Å². The number of fused-ring (bicyclic) bond motifs is 1. The first-order valence-electron chi connectivity index (χ1n) is 7.57. The number of nitrogens with two attached hydrogens (primary N) is 1. The van der Waals surface area contributed by atoms with Crippen molar-refractivity contribution in [1.29, 1.82) is 0 Å². The molecule has 0 fully saturated rings. The SMILES string of the molecule is Cc1c(NC(=O)O)cccc1C(CN)c1c[nH]c2cc(Br)ccc12. The van der Waals surface area contributed by atoms with Crippen molar-refractivity contribution in [3.63, 3.8) is 0 Å². The van der Waals surface area contributed by atoms with E-state index in [4.69, 9.17) is 10.8 Å². The Kier molecular flexibility index (Phi) is 4.59. The van der Waals surface area contributed by atoms with Crippen LogP contribution >= 0.6 is 15.9 Å². The lowest BCUT2D eigenvalue weighted by molar-refractivity contribution is 0.209. The van der Waals surface area contributed by atoms with Crippen molar-refractivity contribution in [2.75, 3.05) is 11.9 Å². The number of nitrogens with one attached hydrogen (secondary N) is 2. The molecule has 0 spiro atoms. The fourth-order valence-corrected chi connectivity index (χ4v) is 3.47. The maximum absolute atomic E-state index is 11.0. The summed E-state index contributed by atoms with van der Waals surface area (Å²) in [5.74, 6) is -0.0181. The van der Waals surface area contributed by atoms with Crippen molar-refractivity contribution in [2.45, 2.75) is 12.8 Å². The maximum atomic E-state index is 11.0. The predicted octanol–water partition coefficient (Wildman–Crippen LogP) is 4.42. The highest BCUT2D eigenvalue weighted by molar-refractivity contribution is 9.10. The minimum atomic E-state index is -1.07. The van der Waals surface area contributed by atoms with Gasteiger partial charge in [0, 0.05) is 39.7 Å². The van der Waals surface area contributed by atoms with Gasteiger partial charge in [0.1, 0.15) is 0 Å². The Morgan fingerprint density at radius 2 is 2.12 bits per heavy atom. The van der Waals surface area contributed by atoms with Crippen LogP contribution in [0.5, 0.6) is 0 Å². The molecule has 1 aromatic heterocycles. The number of carbonyl (C=O) groups is 1. The summed E-state index contributed by atoms with van der Waals surface area (Å²) in [5.41, 5.74) is 10.7. The molecule has 5 N–H and O–H groups in total. The first-order valence-corrected chi connectivity index (χ1v) is 8.36. The van der Waals surface area contributed by atoms with E-state index in [1.165, 1.54) is 0 Å². The molecule has 124 valence electrons. The number of aromatic amines is 1. The van der Waals surface area contributed by atoms with Crippen molar-refractivity contribution in [1.82, 2.24) is 4.98 Å². The van der Waals surface area contributed by atoms with Crippen LogP contribution in [0.1, 0.15) is 22.6 Å². The van der Waals surface area contributed by atoms with E-state index >= 15 is 0 Å².